The molecule has 1 saturated heterocycles. The van der Waals surface area contributed by atoms with Gasteiger partial charge in [0.2, 0.25) is 17.6 Å². The summed E-state index contributed by atoms with van der Waals surface area (Å²) in [6, 6.07) is 15.5. The summed E-state index contributed by atoms with van der Waals surface area (Å²) >= 11 is 0. The number of benzene rings is 2. The summed E-state index contributed by atoms with van der Waals surface area (Å²) < 4.78 is 18.4. The number of halogens is 1. The van der Waals surface area contributed by atoms with E-state index >= 15 is 0 Å². The number of nitrogens with zero attached hydrogens (tertiary/aromatic N) is 3. The Kier molecular flexibility index (Phi) is 5.43. The molecule has 4 rings (SSSR count). The maximum absolute atomic E-state index is 13.1. The quantitative estimate of drug-likeness (QED) is 0.730. The minimum atomic E-state index is -0.305. The van der Waals surface area contributed by atoms with E-state index in [4.69, 9.17) is 4.52 Å². The van der Waals surface area contributed by atoms with Gasteiger partial charge in [0.1, 0.15) is 5.82 Å². The highest BCUT2D eigenvalue weighted by Crippen LogP contribution is 2.21. The van der Waals surface area contributed by atoms with Gasteiger partial charge in [0.25, 0.3) is 0 Å². The lowest BCUT2D eigenvalue weighted by atomic mass is 9.97. The molecule has 28 heavy (non-hydrogen) atoms. The molecule has 1 aliphatic heterocycles. The lowest BCUT2D eigenvalue weighted by molar-refractivity contribution is -0.121. The second kappa shape index (κ2) is 8.31. The molecule has 0 spiro atoms. The summed E-state index contributed by atoms with van der Waals surface area (Å²) in [5, 5.41) is 6.96. The molecule has 2 aromatic carbocycles. The first kappa shape index (κ1) is 18.3. The van der Waals surface area contributed by atoms with Crippen LogP contribution in [0.3, 0.4) is 0 Å². The predicted molar refractivity (Wildman–Crippen MR) is 103 cm³/mol. The van der Waals surface area contributed by atoms with Gasteiger partial charge in [0, 0.05) is 17.8 Å². The summed E-state index contributed by atoms with van der Waals surface area (Å²) in [4.78, 5) is 19.1. The number of hydrogen-bond donors (Lipinski definition) is 1. The summed E-state index contributed by atoms with van der Waals surface area (Å²) in [5.74, 6) is 0.580. The topological polar surface area (TPSA) is 71.3 Å². The van der Waals surface area contributed by atoms with Crippen LogP contribution in [0.15, 0.2) is 59.1 Å². The summed E-state index contributed by atoms with van der Waals surface area (Å²) in [6.07, 6.45) is 1.80. The Hall–Kier alpha value is -3.06. The zero-order chi connectivity index (χ0) is 19.3. The highest BCUT2D eigenvalue weighted by atomic mass is 19.1. The Bertz CT molecular complexity index is 927. The van der Waals surface area contributed by atoms with Crippen molar-refractivity contribution in [1.82, 2.24) is 15.0 Å². The van der Waals surface area contributed by atoms with Crippen LogP contribution in [0, 0.1) is 11.7 Å². The monoisotopic (exact) mass is 380 g/mol. The molecule has 1 unspecified atom stereocenters. The molecular weight excluding hydrogens is 359 g/mol. The maximum Gasteiger partial charge on any atom is 0.241 e. The molecule has 144 valence electrons. The molecular formula is C21H21FN4O2. The van der Waals surface area contributed by atoms with Gasteiger partial charge in [-0.1, -0.05) is 23.4 Å². The number of piperidine rings is 1. The van der Waals surface area contributed by atoms with Gasteiger partial charge in [-0.3, -0.25) is 9.69 Å². The van der Waals surface area contributed by atoms with Crippen LogP contribution in [0.1, 0.15) is 18.7 Å². The Labute approximate surface area is 162 Å². The van der Waals surface area contributed by atoms with E-state index in [1.807, 2.05) is 30.3 Å². The number of nitrogens with one attached hydrogen (secondary N) is 1. The van der Waals surface area contributed by atoms with Crippen LogP contribution >= 0.6 is 0 Å². The number of carbonyl (C=O) groups excluding carboxylic acids is 1. The maximum atomic E-state index is 13.1. The normalized spacial score (nSPS) is 17.4. The van der Waals surface area contributed by atoms with Crippen molar-refractivity contribution >= 4 is 11.6 Å². The molecule has 0 bridgehead atoms. The van der Waals surface area contributed by atoms with Crippen molar-refractivity contribution in [3.8, 4) is 11.4 Å². The highest BCUT2D eigenvalue weighted by Gasteiger charge is 2.27. The minimum Gasteiger partial charge on any atom is -0.338 e. The van der Waals surface area contributed by atoms with Crippen molar-refractivity contribution in [2.24, 2.45) is 5.92 Å². The number of rotatable bonds is 5. The van der Waals surface area contributed by atoms with E-state index in [0.717, 1.165) is 25.1 Å². The lowest BCUT2D eigenvalue weighted by Crippen LogP contribution is -2.40. The van der Waals surface area contributed by atoms with E-state index < -0.39 is 0 Å². The van der Waals surface area contributed by atoms with Gasteiger partial charge in [0.15, 0.2) is 0 Å². The number of anilines is 1. The van der Waals surface area contributed by atoms with Crippen molar-refractivity contribution in [3.05, 3.63) is 66.3 Å². The largest absolute Gasteiger partial charge is 0.338 e. The molecule has 3 aromatic rings. The molecule has 1 fully saturated rings. The van der Waals surface area contributed by atoms with E-state index in [1.165, 1.54) is 12.1 Å². The second-order valence-electron chi connectivity index (χ2n) is 6.95. The van der Waals surface area contributed by atoms with Crippen LogP contribution < -0.4 is 5.32 Å². The van der Waals surface area contributed by atoms with E-state index in [2.05, 4.69) is 20.4 Å². The average Bonchev–Trinajstić information content (AvgIpc) is 3.18. The van der Waals surface area contributed by atoms with Crippen LogP contribution in [0.2, 0.25) is 0 Å². The molecule has 1 atom stereocenters. The number of para-hydroxylation sites is 1. The molecule has 0 aliphatic carbocycles. The van der Waals surface area contributed by atoms with Gasteiger partial charge >= 0.3 is 0 Å². The standard InChI is InChI=1S/C21H21FN4O2/c22-17-10-8-15(9-11-17)20-24-19(28-25-20)14-26-12-4-5-16(13-26)21(27)23-18-6-2-1-3-7-18/h1-3,6-11,16H,4-5,12-14H2,(H,23,27). The molecule has 1 aromatic heterocycles. The number of hydrogen-bond acceptors (Lipinski definition) is 5. The smallest absolute Gasteiger partial charge is 0.241 e. The molecule has 1 N–H and O–H groups in total. The molecule has 0 saturated carbocycles. The van der Waals surface area contributed by atoms with Crippen molar-refractivity contribution in [2.75, 3.05) is 18.4 Å². The van der Waals surface area contributed by atoms with E-state index in [-0.39, 0.29) is 17.6 Å². The van der Waals surface area contributed by atoms with Crippen LogP contribution in [0.5, 0.6) is 0 Å². The third-order valence-electron chi connectivity index (χ3n) is 4.85. The third-order valence-corrected chi connectivity index (χ3v) is 4.85. The van der Waals surface area contributed by atoms with E-state index in [0.29, 0.717) is 30.4 Å². The molecule has 1 aliphatic rings. The zero-order valence-corrected chi connectivity index (χ0v) is 15.3. The fraction of sp³-hybridized carbons (Fsp3) is 0.286. The fourth-order valence-electron chi connectivity index (χ4n) is 3.41. The SMILES string of the molecule is O=C(Nc1ccccc1)C1CCCN(Cc2nc(-c3ccc(F)cc3)no2)C1. The Morgan fingerprint density at radius 2 is 1.96 bits per heavy atom. The van der Waals surface area contributed by atoms with Gasteiger partial charge < -0.3 is 9.84 Å². The Balaban J connectivity index is 1.36. The zero-order valence-electron chi connectivity index (χ0n) is 15.3. The molecule has 0 radical (unpaired) electrons. The Morgan fingerprint density at radius 3 is 2.75 bits per heavy atom. The first-order chi connectivity index (χ1) is 13.7. The van der Waals surface area contributed by atoms with Crippen molar-refractivity contribution < 1.29 is 13.7 Å². The van der Waals surface area contributed by atoms with Gasteiger partial charge in [0.05, 0.1) is 12.5 Å². The third kappa shape index (κ3) is 4.43. The number of carbonyl (C=O) groups is 1. The molecule has 7 heteroatoms. The first-order valence-electron chi connectivity index (χ1n) is 9.34. The summed E-state index contributed by atoms with van der Waals surface area (Å²) in [5.41, 5.74) is 1.51. The fourth-order valence-corrected chi connectivity index (χ4v) is 3.41. The van der Waals surface area contributed by atoms with Gasteiger partial charge in [-0.25, -0.2) is 4.39 Å². The molecule has 2 heterocycles. The predicted octanol–water partition coefficient (Wildman–Crippen LogP) is 3.73. The van der Waals surface area contributed by atoms with Crippen molar-refractivity contribution in [1.29, 1.82) is 0 Å². The van der Waals surface area contributed by atoms with E-state index in [1.54, 1.807) is 12.1 Å². The highest BCUT2D eigenvalue weighted by molar-refractivity contribution is 5.92. The summed E-state index contributed by atoms with van der Waals surface area (Å²) in [6.45, 7) is 2.01. The van der Waals surface area contributed by atoms with Crippen LogP contribution in [0.4, 0.5) is 10.1 Å². The first-order valence-corrected chi connectivity index (χ1v) is 9.34. The van der Waals surface area contributed by atoms with Crippen LogP contribution in [-0.2, 0) is 11.3 Å². The van der Waals surface area contributed by atoms with E-state index in [9.17, 15) is 9.18 Å². The average molecular weight is 380 g/mol. The van der Waals surface area contributed by atoms with Crippen LogP contribution in [-0.4, -0.2) is 34.0 Å². The van der Waals surface area contributed by atoms with Gasteiger partial charge in [-0.2, -0.15) is 4.98 Å². The second-order valence-corrected chi connectivity index (χ2v) is 6.95. The van der Waals surface area contributed by atoms with Gasteiger partial charge in [-0.15, -0.1) is 0 Å². The summed E-state index contributed by atoms with van der Waals surface area (Å²) in [7, 11) is 0. The Morgan fingerprint density at radius 1 is 1.18 bits per heavy atom. The minimum absolute atomic E-state index is 0.0356. The molecule has 6 nitrogen and oxygen atoms in total. The number of amides is 1. The van der Waals surface area contributed by atoms with Gasteiger partial charge in [-0.05, 0) is 55.8 Å². The van der Waals surface area contributed by atoms with Crippen LogP contribution in [0.25, 0.3) is 11.4 Å². The van der Waals surface area contributed by atoms with Crippen molar-refractivity contribution in [2.45, 2.75) is 19.4 Å². The number of likely N-dealkylation sites (tertiary alicyclic amines) is 1. The number of aromatic nitrogens is 2. The molecule has 1 amide bonds. The van der Waals surface area contributed by atoms with Crippen molar-refractivity contribution in [3.63, 3.8) is 0 Å². The lowest BCUT2D eigenvalue weighted by Gasteiger charge is -2.30.